The van der Waals surface area contributed by atoms with Gasteiger partial charge in [-0.25, -0.2) is 4.79 Å². The van der Waals surface area contributed by atoms with Gasteiger partial charge in [0.15, 0.2) is 0 Å². The topological polar surface area (TPSA) is 79.5 Å². The summed E-state index contributed by atoms with van der Waals surface area (Å²) in [5.41, 5.74) is 0.220. The summed E-state index contributed by atoms with van der Waals surface area (Å²) in [6.45, 7) is 2.16. The van der Waals surface area contributed by atoms with Gasteiger partial charge in [0.25, 0.3) is 5.56 Å². The summed E-state index contributed by atoms with van der Waals surface area (Å²) in [5.74, 6) is -1.19. The molecule has 0 aliphatic rings. The van der Waals surface area contributed by atoms with Crippen molar-refractivity contribution < 1.29 is 15.0 Å². The molecule has 2 N–H and O–H groups in total. The molecule has 0 saturated carbocycles. The van der Waals surface area contributed by atoms with Crippen LogP contribution in [0.4, 0.5) is 0 Å². The van der Waals surface area contributed by atoms with Gasteiger partial charge in [-0.3, -0.25) is 4.79 Å². The molecule has 1 aromatic heterocycles. The van der Waals surface area contributed by atoms with Crippen molar-refractivity contribution in [1.29, 1.82) is 0 Å². The van der Waals surface area contributed by atoms with Crippen LogP contribution in [0.1, 0.15) is 17.3 Å². The predicted octanol–water partition coefficient (Wildman–Crippen LogP) is 1.33. The molecule has 19 heavy (non-hydrogen) atoms. The van der Waals surface area contributed by atoms with E-state index in [-0.39, 0.29) is 23.6 Å². The van der Waals surface area contributed by atoms with Gasteiger partial charge in [0, 0.05) is 24.6 Å². The minimum atomic E-state index is -1.12. The zero-order valence-electron chi connectivity index (χ0n) is 10.5. The molecule has 1 heterocycles. The molecule has 0 saturated heterocycles. The van der Waals surface area contributed by atoms with Gasteiger partial charge in [-0.15, -0.1) is 0 Å². The molecule has 0 fully saturated rings. The van der Waals surface area contributed by atoms with Crippen molar-refractivity contribution in [3.8, 4) is 0 Å². The highest BCUT2D eigenvalue weighted by Gasteiger charge is 2.14. The molecule has 0 aliphatic carbocycles. The number of benzene rings is 1. The zero-order valence-corrected chi connectivity index (χ0v) is 10.5. The molecule has 2 aromatic rings. The van der Waals surface area contributed by atoms with Gasteiger partial charge >= 0.3 is 5.97 Å². The van der Waals surface area contributed by atoms with Gasteiger partial charge in [0.1, 0.15) is 0 Å². The van der Waals surface area contributed by atoms with Crippen molar-refractivity contribution in [2.24, 2.45) is 5.92 Å². The normalized spacial score (nSPS) is 12.5. The summed E-state index contributed by atoms with van der Waals surface area (Å²) in [4.78, 5) is 23.2. The Bertz CT molecular complexity index is 675. The number of pyridine rings is 1. The summed E-state index contributed by atoms with van der Waals surface area (Å²) in [6, 6.07) is 8.02. The van der Waals surface area contributed by atoms with Crippen LogP contribution in [0.15, 0.2) is 35.1 Å². The average Bonchev–Trinajstić information content (AvgIpc) is 2.41. The quantitative estimate of drug-likeness (QED) is 0.870. The molecule has 0 radical (unpaired) electrons. The lowest BCUT2D eigenvalue weighted by Gasteiger charge is -2.14. The Kier molecular flexibility index (Phi) is 3.66. The Morgan fingerprint density at radius 1 is 1.37 bits per heavy atom. The molecule has 0 spiro atoms. The molecule has 1 unspecified atom stereocenters. The van der Waals surface area contributed by atoms with Gasteiger partial charge < -0.3 is 14.8 Å². The molecular formula is C14H15NO4. The van der Waals surface area contributed by atoms with E-state index >= 15 is 0 Å². The molecule has 5 nitrogen and oxygen atoms in total. The molecule has 0 amide bonds. The molecule has 100 valence electrons. The van der Waals surface area contributed by atoms with Crippen LogP contribution in [-0.4, -0.2) is 27.4 Å². The van der Waals surface area contributed by atoms with Gasteiger partial charge in [0.05, 0.1) is 11.1 Å². The number of fused-ring (bicyclic) bond motifs is 1. The molecular weight excluding hydrogens is 246 g/mol. The zero-order chi connectivity index (χ0) is 14.0. The van der Waals surface area contributed by atoms with E-state index in [2.05, 4.69) is 0 Å². The van der Waals surface area contributed by atoms with E-state index in [4.69, 9.17) is 10.2 Å². The molecule has 0 aliphatic heterocycles. The highest BCUT2D eigenvalue weighted by molar-refractivity contribution is 6.02. The minimum Gasteiger partial charge on any atom is -0.478 e. The van der Waals surface area contributed by atoms with Crippen molar-refractivity contribution in [3.63, 3.8) is 0 Å². The van der Waals surface area contributed by atoms with Crippen molar-refractivity contribution in [3.05, 3.63) is 46.2 Å². The second-order valence-electron chi connectivity index (χ2n) is 4.62. The Balaban J connectivity index is 2.72. The summed E-state index contributed by atoms with van der Waals surface area (Å²) in [5, 5.41) is 18.8. The summed E-state index contributed by atoms with van der Waals surface area (Å²) in [7, 11) is 0. The summed E-state index contributed by atoms with van der Waals surface area (Å²) >= 11 is 0. The largest absolute Gasteiger partial charge is 0.478 e. The van der Waals surface area contributed by atoms with Gasteiger partial charge in [-0.05, 0) is 12.0 Å². The summed E-state index contributed by atoms with van der Waals surface area (Å²) in [6.07, 6.45) is 0. The van der Waals surface area contributed by atoms with Crippen molar-refractivity contribution >= 4 is 16.9 Å². The van der Waals surface area contributed by atoms with E-state index in [0.29, 0.717) is 17.4 Å². The van der Waals surface area contributed by atoms with Crippen molar-refractivity contribution in [1.82, 2.24) is 4.57 Å². The number of aromatic nitrogens is 1. The third kappa shape index (κ3) is 2.51. The van der Waals surface area contributed by atoms with Crippen LogP contribution < -0.4 is 5.56 Å². The first kappa shape index (κ1) is 13.3. The van der Waals surface area contributed by atoms with Crippen LogP contribution in [0, 0.1) is 5.92 Å². The number of aliphatic hydroxyl groups excluding tert-OH is 1. The van der Waals surface area contributed by atoms with Crippen LogP contribution in [0.3, 0.4) is 0 Å². The van der Waals surface area contributed by atoms with E-state index < -0.39 is 5.97 Å². The predicted molar refractivity (Wildman–Crippen MR) is 71.4 cm³/mol. The lowest BCUT2D eigenvalue weighted by molar-refractivity contribution is 0.0698. The van der Waals surface area contributed by atoms with Crippen LogP contribution in [0.5, 0.6) is 0 Å². The van der Waals surface area contributed by atoms with Crippen molar-refractivity contribution in [2.45, 2.75) is 13.5 Å². The number of aliphatic hydroxyl groups is 1. The Labute approximate surface area is 109 Å². The van der Waals surface area contributed by atoms with Crippen LogP contribution in [0.2, 0.25) is 0 Å². The number of aromatic carboxylic acids is 1. The fourth-order valence-electron chi connectivity index (χ4n) is 2.07. The van der Waals surface area contributed by atoms with E-state index in [1.165, 1.54) is 4.57 Å². The number of hydrogen-bond acceptors (Lipinski definition) is 3. The first-order chi connectivity index (χ1) is 9.04. The fourth-order valence-corrected chi connectivity index (χ4v) is 2.07. The van der Waals surface area contributed by atoms with Gasteiger partial charge in [-0.2, -0.15) is 0 Å². The third-order valence-electron chi connectivity index (χ3n) is 3.06. The van der Waals surface area contributed by atoms with Gasteiger partial charge in [-0.1, -0.05) is 25.1 Å². The van der Waals surface area contributed by atoms with Crippen molar-refractivity contribution in [2.75, 3.05) is 6.61 Å². The monoisotopic (exact) mass is 261 g/mol. The van der Waals surface area contributed by atoms with Gasteiger partial charge in [0.2, 0.25) is 0 Å². The summed E-state index contributed by atoms with van der Waals surface area (Å²) < 4.78 is 1.50. The van der Waals surface area contributed by atoms with Crippen LogP contribution in [0.25, 0.3) is 10.9 Å². The smallest absolute Gasteiger partial charge is 0.336 e. The Hall–Kier alpha value is -2.14. The molecule has 0 bridgehead atoms. The lowest BCUT2D eigenvalue weighted by atomic mass is 10.1. The maximum absolute atomic E-state index is 12.0. The first-order valence-corrected chi connectivity index (χ1v) is 6.01. The standard InChI is InChI=1S/C14H15NO4/c1-9(8-16)7-15-12-5-3-2-4-10(12)11(14(18)19)6-13(15)17/h2-6,9,16H,7-8H2,1H3,(H,18,19). The highest BCUT2D eigenvalue weighted by atomic mass is 16.4. The molecule has 2 rings (SSSR count). The number of carboxylic acid groups (broad SMARTS) is 1. The third-order valence-corrected chi connectivity index (χ3v) is 3.06. The van der Waals surface area contributed by atoms with E-state index in [0.717, 1.165) is 6.07 Å². The lowest BCUT2D eigenvalue weighted by Crippen LogP contribution is -2.25. The number of rotatable bonds is 4. The van der Waals surface area contributed by atoms with E-state index in [1.54, 1.807) is 24.3 Å². The number of carbonyl (C=O) groups is 1. The second-order valence-corrected chi connectivity index (χ2v) is 4.62. The maximum Gasteiger partial charge on any atom is 0.336 e. The van der Waals surface area contributed by atoms with E-state index in [1.807, 2.05) is 6.92 Å². The fraction of sp³-hybridized carbons (Fsp3) is 0.286. The SMILES string of the molecule is CC(CO)Cn1c(=O)cc(C(=O)O)c2ccccc21. The maximum atomic E-state index is 12.0. The number of carboxylic acids is 1. The number of hydrogen-bond donors (Lipinski definition) is 2. The Morgan fingerprint density at radius 2 is 2.05 bits per heavy atom. The molecule has 1 aromatic carbocycles. The first-order valence-electron chi connectivity index (χ1n) is 6.01. The highest BCUT2D eigenvalue weighted by Crippen LogP contribution is 2.17. The average molecular weight is 261 g/mol. The second kappa shape index (κ2) is 5.24. The molecule has 5 heteroatoms. The molecule has 1 atom stereocenters. The number of nitrogens with zero attached hydrogens (tertiary/aromatic N) is 1. The number of para-hydroxylation sites is 1. The Morgan fingerprint density at radius 3 is 2.68 bits per heavy atom. The van der Waals surface area contributed by atoms with Crippen LogP contribution in [-0.2, 0) is 6.54 Å². The van der Waals surface area contributed by atoms with E-state index in [9.17, 15) is 9.59 Å². The minimum absolute atomic E-state index is 0.00787. The van der Waals surface area contributed by atoms with Crippen LogP contribution >= 0.6 is 0 Å².